The number of amides is 1. The standard InChI is InChI=1S/C16H15F3N4O4/c17-16(18,19)11-2-1-3-13(20-11)27-10-8-23(9-10)14(25)5-7-22-6-4-12(24)21-15(22)26/h1-4,6,10H,5,7-9H2,(H,21,24,26). The number of carbonyl (C=O) groups excluding carboxylic acids is 1. The normalized spacial score (nSPS) is 14.7. The number of aromatic nitrogens is 3. The first-order chi connectivity index (χ1) is 12.7. The van der Waals surface area contributed by atoms with Crippen molar-refractivity contribution in [3.05, 3.63) is 57.0 Å². The molecule has 0 spiro atoms. The molecule has 8 nitrogen and oxygen atoms in total. The second-order valence-electron chi connectivity index (χ2n) is 5.95. The fraction of sp³-hybridized carbons (Fsp3) is 0.375. The number of rotatable bonds is 5. The molecule has 11 heteroatoms. The van der Waals surface area contributed by atoms with E-state index in [0.717, 1.165) is 6.07 Å². The minimum atomic E-state index is -4.55. The van der Waals surface area contributed by atoms with E-state index in [9.17, 15) is 27.6 Å². The molecule has 1 N–H and O–H groups in total. The van der Waals surface area contributed by atoms with Gasteiger partial charge in [-0.25, -0.2) is 9.78 Å². The van der Waals surface area contributed by atoms with Gasteiger partial charge >= 0.3 is 11.9 Å². The van der Waals surface area contributed by atoms with Crippen molar-refractivity contribution >= 4 is 5.91 Å². The second-order valence-corrected chi connectivity index (χ2v) is 5.95. The maximum absolute atomic E-state index is 12.6. The van der Waals surface area contributed by atoms with Crippen molar-refractivity contribution < 1.29 is 22.7 Å². The van der Waals surface area contributed by atoms with Crippen LogP contribution in [0.3, 0.4) is 0 Å². The SMILES string of the molecule is O=C(CCn1ccc(=O)[nH]c1=O)N1CC(Oc2cccc(C(F)(F)F)n2)C1. The first-order valence-corrected chi connectivity index (χ1v) is 8.01. The topological polar surface area (TPSA) is 97.3 Å². The molecule has 3 rings (SSSR count). The largest absolute Gasteiger partial charge is 0.471 e. The average Bonchev–Trinajstić information content (AvgIpc) is 2.56. The molecule has 1 aliphatic rings. The monoisotopic (exact) mass is 384 g/mol. The third-order valence-electron chi connectivity index (χ3n) is 3.97. The van der Waals surface area contributed by atoms with Crippen molar-refractivity contribution in [3.63, 3.8) is 0 Å². The summed E-state index contributed by atoms with van der Waals surface area (Å²) in [4.78, 5) is 41.6. The molecular weight excluding hydrogens is 369 g/mol. The number of ether oxygens (including phenoxy) is 1. The van der Waals surface area contributed by atoms with Gasteiger partial charge in [0.05, 0.1) is 13.1 Å². The summed E-state index contributed by atoms with van der Waals surface area (Å²) in [6.07, 6.45) is -3.66. The maximum atomic E-state index is 12.6. The van der Waals surface area contributed by atoms with Gasteiger partial charge in [0.15, 0.2) is 0 Å². The molecule has 0 atom stereocenters. The van der Waals surface area contributed by atoms with Crippen LogP contribution in [0.2, 0.25) is 0 Å². The average molecular weight is 384 g/mol. The van der Waals surface area contributed by atoms with Crippen molar-refractivity contribution in [3.8, 4) is 5.88 Å². The van der Waals surface area contributed by atoms with Gasteiger partial charge in [-0.2, -0.15) is 13.2 Å². The van der Waals surface area contributed by atoms with Crippen LogP contribution >= 0.6 is 0 Å². The first kappa shape index (κ1) is 18.7. The van der Waals surface area contributed by atoms with Gasteiger partial charge in [0.2, 0.25) is 11.8 Å². The van der Waals surface area contributed by atoms with Gasteiger partial charge in [0, 0.05) is 31.3 Å². The van der Waals surface area contributed by atoms with E-state index in [0.29, 0.717) is 0 Å². The highest BCUT2D eigenvalue weighted by atomic mass is 19.4. The summed E-state index contributed by atoms with van der Waals surface area (Å²) in [6, 6.07) is 4.56. The molecule has 2 aromatic heterocycles. The van der Waals surface area contributed by atoms with Crippen molar-refractivity contribution in [2.75, 3.05) is 13.1 Å². The Morgan fingerprint density at radius 2 is 2.00 bits per heavy atom. The van der Waals surface area contributed by atoms with Crippen LogP contribution in [-0.2, 0) is 17.5 Å². The van der Waals surface area contributed by atoms with E-state index < -0.39 is 29.2 Å². The molecule has 1 saturated heterocycles. The zero-order valence-corrected chi connectivity index (χ0v) is 13.9. The molecule has 0 aliphatic carbocycles. The highest BCUT2D eigenvalue weighted by Crippen LogP contribution is 2.29. The van der Waals surface area contributed by atoms with Crippen LogP contribution in [-0.4, -0.2) is 44.5 Å². The minimum Gasteiger partial charge on any atom is -0.471 e. The molecule has 1 aliphatic heterocycles. The Kier molecular flexibility index (Phi) is 5.02. The number of likely N-dealkylation sites (tertiary alicyclic amines) is 1. The van der Waals surface area contributed by atoms with Crippen molar-refractivity contribution in [2.24, 2.45) is 0 Å². The number of pyridine rings is 1. The molecule has 3 heterocycles. The van der Waals surface area contributed by atoms with Gasteiger partial charge < -0.3 is 14.2 Å². The third-order valence-corrected chi connectivity index (χ3v) is 3.97. The van der Waals surface area contributed by atoms with Crippen molar-refractivity contribution in [1.29, 1.82) is 0 Å². The molecule has 144 valence electrons. The Bertz CT molecular complexity index is 947. The molecule has 0 aromatic carbocycles. The Balaban J connectivity index is 1.48. The fourth-order valence-corrected chi connectivity index (χ4v) is 2.52. The van der Waals surface area contributed by atoms with E-state index in [4.69, 9.17) is 4.74 Å². The Labute approximate surface area is 150 Å². The number of aryl methyl sites for hydroxylation is 1. The summed E-state index contributed by atoms with van der Waals surface area (Å²) in [6.45, 7) is 0.542. The van der Waals surface area contributed by atoms with E-state index in [1.54, 1.807) is 0 Å². The van der Waals surface area contributed by atoms with Gasteiger partial charge in [0.1, 0.15) is 11.8 Å². The number of H-pyrrole nitrogens is 1. The van der Waals surface area contributed by atoms with Gasteiger partial charge in [-0.3, -0.25) is 14.6 Å². The summed E-state index contributed by atoms with van der Waals surface area (Å²) < 4.78 is 44.5. The lowest BCUT2D eigenvalue weighted by Gasteiger charge is -2.38. The Morgan fingerprint density at radius 3 is 2.67 bits per heavy atom. The zero-order valence-electron chi connectivity index (χ0n) is 13.9. The first-order valence-electron chi connectivity index (χ1n) is 8.01. The summed E-state index contributed by atoms with van der Waals surface area (Å²) in [5.74, 6) is -0.383. The maximum Gasteiger partial charge on any atom is 0.433 e. The summed E-state index contributed by atoms with van der Waals surface area (Å²) in [7, 11) is 0. The number of halogens is 3. The van der Waals surface area contributed by atoms with Crippen LogP contribution in [0.4, 0.5) is 13.2 Å². The Hall–Kier alpha value is -3.11. The van der Waals surface area contributed by atoms with E-state index in [1.807, 2.05) is 0 Å². The minimum absolute atomic E-state index is 0.0421. The predicted molar refractivity (Wildman–Crippen MR) is 86.2 cm³/mol. The quantitative estimate of drug-likeness (QED) is 0.816. The number of nitrogens with one attached hydrogen (secondary N) is 1. The van der Waals surface area contributed by atoms with Gasteiger partial charge in [-0.05, 0) is 6.07 Å². The number of alkyl halides is 3. The van der Waals surface area contributed by atoms with Crippen LogP contribution in [0.15, 0.2) is 40.1 Å². The van der Waals surface area contributed by atoms with E-state index >= 15 is 0 Å². The fourth-order valence-electron chi connectivity index (χ4n) is 2.52. The van der Waals surface area contributed by atoms with Gasteiger partial charge in [0.25, 0.3) is 5.56 Å². The third kappa shape index (κ3) is 4.54. The predicted octanol–water partition coefficient (Wildman–Crippen LogP) is 0.630. The molecule has 2 aromatic rings. The van der Waals surface area contributed by atoms with Crippen LogP contribution in [0.25, 0.3) is 0 Å². The summed E-state index contributed by atoms with van der Waals surface area (Å²) in [5, 5.41) is 0. The number of aromatic amines is 1. The zero-order chi connectivity index (χ0) is 19.6. The van der Waals surface area contributed by atoms with Gasteiger partial charge in [-0.1, -0.05) is 6.07 Å². The lowest BCUT2D eigenvalue weighted by Crippen LogP contribution is -2.56. The van der Waals surface area contributed by atoms with E-state index in [2.05, 4.69) is 9.97 Å². The van der Waals surface area contributed by atoms with Crippen molar-refractivity contribution in [1.82, 2.24) is 19.4 Å². The van der Waals surface area contributed by atoms with Crippen molar-refractivity contribution in [2.45, 2.75) is 25.2 Å². The molecule has 0 unspecified atom stereocenters. The summed E-state index contributed by atoms with van der Waals surface area (Å²) in [5.41, 5.74) is -2.16. The van der Waals surface area contributed by atoms with Crippen LogP contribution in [0, 0.1) is 0 Å². The number of hydrogen-bond donors (Lipinski definition) is 1. The Morgan fingerprint density at radius 1 is 1.26 bits per heavy atom. The van der Waals surface area contributed by atoms with Crippen LogP contribution in [0.5, 0.6) is 5.88 Å². The number of nitrogens with zero attached hydrogens (tertiary/aromatic N) is 3. The van der Waals surface area contributed by atoms with Crippen LogP contribution in [0.1, 0.15) is 12.1 Å². The van der Waals surface area contributed by atoms with Crippen LogP contribution < -0.4 is 16.0 Å². The highest BCUT2D eigenvalue weighted by Gasteiger charge is 2.35. The molecule has 27 heavy (non-hydrogen) atoms. The smallest absolute Gasteiger partial charge is 0.433 e. The molecule has 1 fully saturated rings. The van der Waals surface area contributed by atoms with E-state index in [1.165, 1.54) is 33.9 Å². The second kappa shape index (κ2) is 7.25. The van der Waals surface area contributed by atoms with Gasteiger partial charge in [-0.15, -0.1) is 0 Å². The molecule has 1 amide bonds. The molecule has 0 saturated carbocycles. The molecule has 0 bridgehead atoms. The highest BCUT2D eigenvalue weighted by molar-refractivity contribution is 5.77. The lowest BCUT2D eigenvalue weighted by molar-refractivity contribution is -0.142. The number of carbonyl (C=O) groups is 1. The molecular formula is C16H15F3N4O4. The molecule has 0 radical (unpaired) electrons. The summed E-state index contributed by atoms with van der Waals surface area (Å²) >= 11 is 0. The van der Waals surface area contributed by atoms with E-state index in [-0.39, 0.29) is 37.8 Å². The lowest BCUT2D eigenvalue weighted by atomic mass is 10.1. The number of hydrogen-bond acceptors (Lipinski definition) is 5.